The predicted molar refractivity (Wildman–Crippen MR) is 107 cm³/mol. The van der Waals surface area contributed by atoms with Crippen LogP contribution in [0.2, 0.25) is 0 Å². The van der Waals surface area contributed by atoms with Crippen molar-refractivity contribution >= 4 is 34.1 Å². The average molecular weight is 380 g/mol. The largest absolute Gasteiger partial charge is 0.383 e. The van der Waals surface area contributed by atoms with Gasteiger partial charge in [-0.2, -0.15) is 0 Å². The molecule has 0 aliphatic rings. The molecular weight excluding hydrogens is 360 g/mol. The van der Waals surface area contributed by atoms with Crippen LogP contribution in [0.25, 0.3) is 10.9 Å². The number of rotatable bonds is 6. The first-order valence-corrected chi connectivity index (χ1v) is 8.65. The third-order valence-electron chi connectivity index (χ3n) is 4.15. The van der Waals surface area contributed by atoms with Crippen LogP contribution in [0, 0.1) is 0 Å². The first kappa shape index (κ1) is 19.2. The molecule has 0 atom stereocenters. The topological polar surface area (TPSA) is 102 Å². The quantitative estimate of drug-likeness (QED) is 0.640. The van der Waals surface area contributed by atoms with Crippen molar-refractivity contribution < 1.29 is 14.3 Å². The molecule has 0 aliphatic carbocycles. The summed E-state index contributed by atoms with van der Waals surface area (Å²) < 4.78 is 6.46. The molecule has 0 fully saturated rings. The molecule has 0 saturated heterocycles. The highest BCUT2D eigenvalue weighted by molar-refractivity contribution is 6.02. The maximum Gasteiger partial charge on any atom is 0.323 e. The van der Waals surface area contributed by atoms with Crippen LogP contribution in [0.15, 0.2) is 53.6 Å². The zero-order valence-corrected chi connectivity index (χ0v) is 15.6. The number of nitrogens with one attached hydrogen (secondary N) is 2. The molecule has 0 spiro atoms. The molecule has 0 aliphatic heterocycles. The molecule has 3 rings (SSSR count). The average Bonchev–Trinajstić information content (AvgIpc) is 2.68. The Morgan fingerprint density at radius 2 is 1.86 bits per heavy atom. The summed E-state index contributed by atoms with van der Waals surface area (Å²) in [5.41, 5.74) is 1.79. The zero-order valence-electron chi connectivity index (χ0n) is 15.6. The highest BCUT2D eigenvalue weighted by Crippen LogP contribution is 2.16. The van der Waals surface area contributed by atoms with Crippen molar-refractivity contribution in [3.05, 3.63) is 64.7 Å². The first-order valence-electron chi connectivity index (χ1n) is 8.65. The van der Waals surface area contributed by atoms with Gasteiger partial charge in [-0.1, -0.05) is 12.1 Å². The Hall–Kier alpha value is -3.52. The maximum absolute atomic E-state index is 12.6. The van der Waals surface area contributed by atoms with E-state index in [2.05, 4.69) is 15.6 Å². The lowest BCUT2D eigenvalue weighted by atomic mass is 10.1. The van der Waals surface area contributed by atoms with Crippen molar-refractivity contribution in [2.75, 3.05) is 24.4 Å². The molecule has 8 heteroatoms. The van der Waals surface area contributed by atoms with E-state index < -0.39 is 6.03 Å². The van der Waals surface area contributed by atoms with Crippen LogP contribution in [0.5, 0.6) is 0 Å². The van der Waals surface area contributed by atoms with Crippen molar-refractivity contribution in [1.29, 1.82) is 0 Å². The Morgan fingerprint density at radius 1 is 1.11 bits per heavy atom. The summed E-state index contributed by atoms with van der Waals surface area (Å²) in [6.07, 6.45) is 1.48. The summed E-state index contributed by atoms with van der Waals surface area (Å²) in [6.45, 7) is 2.25. The lowest BCUT2D eigenvalue weighted by Crippen LogP contribution is -2.23. The fraction of sp³-hybridized carbons (Fsp3) is 0.200. The Labute approximate surface area is 161 Å². The lowest BCUT2D eigenvalue weighted by molar-refractivity contribution is 0.101. The Bertz CT molecular complexity index is 1090. The molecule has 28 heavy (non-hydrogen) atoms. The SMILES string of the molecule is COCCn1cnc2ccc(NC(=O)Nc3cccc(C(C)=O)c3)cc2c1=O. The Balaban J connectivity index is 1.79. The van der Waals surface area contributed by atoms with Gasteiger partial charge in [0.25, 0.3) is 5.56 Å². The molecule has 0 saturated carbocycles. The lowest BCUT2D eigenvalue weighted by Gasteiger charge is -2.10. The fourth-order valence-electron chi connectivity index (χ4n) is 2.70. The maximum atomic E-state index is 12.6. The van der Waals surface area contributed by atoms with Crippen LogP contribution in [0.1, 0.15) is 17.3 Å². The van der Waals surface area contributed by atoms with E-state index in [0.29, 0.717) is 41.0 Å². The van der Waals surface area contributed by atoms with Gasteiger partial charge < -0.3 is 15.4 Å². The van der Waals surface area contributed by atoms with E-state index in [9.17, 15) is 14.4 Å². The van der Waals surface area contributed by atoms with E-state index in [4.69, 9.17) is 4.74 Å². The van der Waals surface area contributed by atoms with Gasteiger partial charge in [-0.3, -0.25) is 14.2 Å². The Morgan fingerprint density at radius 3 is 2.57 bits per heavy atom. The number of fused-ring (bicyclic) bond motifs is 1. The normalized spacial score (nSPS) is 10.6. The summed E-state index contributed by atoms with van der Waals surface area (Å²) in [6, 6.07) is 11.1. The Kier molecular flexibility index (Phi) is 5.81. The highest BCUT2D eigenvalue weighted by Gasteiger charge is 2.08. The number of hydrogen-bond donors (Lipinski definition) is 2. The van der Waals surface area contributed by atoms with Crippen LogP contribution in [-0.4, -0.2) is 35.1 Å². The molecule has 8 nitrogen and oxygen atoms in total. The number of anilines is 2. The monoisotopic (exact) mass is 380 g/mol. The number of urea groups is 1. The van der Waals surface area contributed by atoms with Gasteiger partial charge in [-0.25, -0.2) is 9.78 Å². The number of carbonyl (C=O) groups excluding carboxylic acids is 2. The second-order valence-electron chi connectivity index (χ2n) is 6.18. The third-order valence-corrected chi connectivity index (χ3v) is 4.15. The molecule has 2 aromatic carbocycles. The number of hydrogen-bond acceptors (Lipinski definition) is 5. The number of ketones is 1. The van der Waals surface area contributed by atoms with Gasteiger partial charge in [0.1, 0.15) is 0 Å². The van der Waals surface area contributed by atoms with Crippen molar-refractivity contribution in [3.63, 3.8) is 0 Å². The van der Waals surface area contributed by atoms with Crippen molar-refractivity contribution in [2.45, 2.75) is 13.5 Å². The zero-order chi connectivity index (χ0) is 20.1. The standard InChI is InChI=1S/C20H20N4O4/c1-13(25)14-4-3-5-15(10-14)22-20(27)23-16-6-7-18-17(11-16)19(26)24(12-21-18)8-9-28-2/h3-7,10-12H,8-9H2,1-2H3,(H2,22,23,27). The number of nitrogens with zero attached hydrogens (tertiary/aromatic N) is 2. The van der Waals surface area contributed by atoms with E-state index in [0.717, 1.165) is 0 Å². The van der Waals surface area contributed by atoms with Gasteiger partial charge in [-0.05, 0) is 37.3 Å². The number of Topliss-reactive ketones (excluding diaryl/α,β-unsaturated/α-hetero) is 1. The van der Waals surface area contributed by atoms with Gasteiger partial charge in [0, 0.05) is 24.0 Å². The van der Waals surface area contributed by atoms with E-state index in [-0.39, 0.29) is 11.3 Å². The van der Waals surface area contributed by atoms with Gasteiger partial charge in [-0.15, -0.1) is 0 Å². The highest BCUT2D eigenvalue weighted by atomic mass is 16.5. The summed E-state index contributed by atoms with van der Waals surface area (Å²) in [5, 5.41) is 5.75. The van der Waals surface area contributed by atoms with Crippen molar-refractivity contribution in [3.8, 4) is 0 Å². The van der Waals surface area contributed by atoms with Crippen molar-refractivity contribution in [2.24, 2.45) is 0 Å². The van der Waals surface area contributed by atoms with Crippen LogP contribution in [0.3, 0.4) is 0 Å². The minimum atomic E-state index is -0.483. The van der Waals surface area contributed by atoms with Crippen LogP contribution in [0.4, 0.5) is 16.2 Å². The fourth-order valence-corrected chi connectivity index (χ4v) is 2.70. The second-order valence-corrected chi connectivity index (χ2v) is 6.18. The molecule has 1 heterocycles. The number of methoxy groups -OCH3 is 1. The van der Waals surface area contributed by atoms with Crippen LogP contribution >= 0.6 is 0 Å². The number of ether oxygens (including phenoxy) is 1. The summed E-state index contributed by atoms with van der Waals surface area (Å²) in [4.78, 5) is 40.5. The summed E-state index contributed by atoms with van der Waals surface area (Å²) in [5.74, 6) is -0.0872. The minimum absolute atomic E-state index is 0.0872. The summed E-state index contributed by atoms with van der Waals surface area (Å²) >= 11 is 0. The van der Waals surface area contributed by atoms with E-state index in [1.165, 1.54) is 17.8 Å². The van der Waals surface area contributed by atoms with Crippen molar-refractivity contribution in [1.82, 2.24) is 9.55 Å². The second kappa shape index (κ2) is 8.45. The van der Waals surface area contributed by atoms with E-state index in [1.807, 2.05) is 0 Å². The molecule has 0 bridgehead atoms. The molecule has 3 aromatic rings. The number of benzene rings is 2. The van der Waals surface area contributed by atoms with Gasteiger partial charge in [0.2, 0.25) is 0 Å². The number of aromatic nitrogens is 2. The number of carbonyl (C=O) groups is 2. The molecule has 144 valence electrons. The molecule has 2 amide bonds. The number of amides is 2. The van der Waals surface area contributed by atoms with Gasteiger partial charge in [0.05, 0.1) is 30.4 Å². The van der Waals surface area contributed by atoms with E-state index >= 15 is 0 Å². The molecular formula is C20H20N4O4. The smallest absolute Gasteiger partial charge is 0.323 e. The molecule has 0 unspecified atom stereocenters. The first-order chi connectivity index (χ1) is 13.5. The molecule has 1 aromatic heterocycles. The minimum Gasteiger partial charge on any atom is -0.383 e. The third kappa shape index (κ3) is 4.41. The predicted octanol–water partition coefficient (Wildman–Crippen LogP) is 2.89. The summed E-state index contributed by atoms with van der Waals surface area (Å²) in [7, 11) is 1.56. The van der Waals surface area contributed by atoms with E-state index in [1.54, 1.807) is 49.6 Å². The molecule has 2 N–H and O–H groups in total. The molecule has 0 radical (unpaired) electrons. The van der Waals surface area contributed by atoms with Gasteiger partial charge >= 0.3 is 6.03 Å². The van der Waals surface area contributed by atoms with Gasteiger partial charge in [0.15, 0.2) is 5.78 Å². The van der Waals surface area contributed by atoms with Crippen LogP contribution < -0.4 is 16.2 Å². The van der Waals surface area contributed by atoms with Crippen LogP contribution in [-0.2, 0) is 11.3 Å².